The van der Waals surface area contributed by atoms with Gasteiger partial charge >= 0.3 is 5.76 Å². The predicted octanol–water partition coefficient (Wildman–Crippen LogP) is 1.62. The summed E-state index contributed by atoms with van der Waals surface area (Å²) in [5.41, 5.74) is 0.470. The summed E-state index contributed by atoms with van der Waals surface area (Å²) in [5.74, 6) is -3.66. The van der Waals surface area contributed by atoms with Crippen LogP contribution in [-0.2, 0) is 14.6 Å². The molecule has 112 valence electrons. The summed E-state index contributed by atoms with van der Waals surface area (Å²) in [6.45, 7) is 3.66. The van der Waals surface area contributed by atoms with Crippen LogP contribution in [0.5, 0.6) is 0 Å². The number of benzene rings is 1. The van der Waals surface area contributed by atoms with E-state index >= 15 is 0 Å². The average Bonchev–Trinajstić information content (AvgIpc) is 2.36. The molecule has 0 spiro atoms. The Morgan fingerprint density at radius 1 is 1.20 bits per heavy atom. The van der Waals surface area contributed by atoms with Gasteiger partial charge in [-0.1, -0.05) is 0 Å². The highest BCUT2D eigenvalue weighted by Gasteiger charge is 2.26. The van der Waals surface area contributed by atoms with Crippen molar-refractivity contribution >= 4 is 21.4 Å². The molecule has 2 N–H and O–H groups in total. The lowest BCUT2D eigenvalue weighted by atomic mass is 10.3. The van der Waals surface area contributed by atoms with Crippen molar-refractivity contribution in [1.29, 1.82) is 0 Å². The van der Waals surface area contributed by atoms with E-state index in [1.165, 1.54) is 12.1 Å². The second-order valence-electron chi connectivity index (χ2n) is 4.41. The third-order valence-corrected chi connectivity index (χ3v) is 3.72. The molecule has 20 heavy (non-hydrogen) atoms. The lowest BCUT2D eigenvalue weighted by Crippen LogP contribution is -2.34. The number of anilines is 1. The smallest absolute Gasteiger partial charge is 0.341 e. The van der Waals surface area contributed by atoms with Crippen molar-refractivity contribution in [2.75, 3.05) is 11.9 Å². The number of amides is 1. The zero-order chi connectivity index (χ0) is 15.3. The largest absolute Gasteiger partial charge is 0.376 e. The van der Waals surface area contributed by atoms with E-state index in [1.54, 1.807) is 0 Å². The minimum Gasteiger partial charge on any atom is -0.376 e. The molecule has 0 aromatic heterocycles. The van der Waals surface area contributed by atoms with E-state index in [0.29, 0.717) is 5.69 Å². The number of carbonyl (C=O) groups excluding carboxylic acids is 1. The minimum absolute atomic E-state index is 0.0130. The van der Waals surface area contributed by atoms with Crippen molar-refractivity contribution in [3.05, 3.63) is 24.3 Å². The second kappa shape index (κ2) is 6.65. The van der Waals surface area contributed by atoms with Gasteiger partial charge in [-0.2, -0.15) is 8.78 Å². The lowest BCUT2D eigenvalue weighted by Gasteiger charge is -2.10. The number of alkyl halides is 2. The molecule has 0 radical (unpaired) electrons. The summed E-state index contributed by atoms with van der Waals surface area (Å²) < 4.78 is 47.0. The standard InChI is InChI=1S/C12H16F2N2O3S/c1-8(2)16-11(17)7-15-9-3-5-10(6-4-9)20(18,19)12(13)14/h3-6,8,12,15H,7H2,1-2H3,(H,16,17). The van der Waals surface area contributed by atoms with Crippen molar-refractivity contribution in [1.82, 2.24) is 5.32 Å². The van der Waals surface area contributed by atoms with Gasteiger partial charge in [0.2, 0.25) is 15.7 Å². The van der Waals surface area contributed by atoms with Crippen LogP contribution in [0.4, 0.5) is 14.5 Å². The first-order chi connectivity index (χ1) is 9.23. The van der Waals surface area contributed by atoms with Crippen LogP contribution < -0.4 is 10.6 Å². The highest BCUT2D eigenvalue weighted by Crippen LogP contribution is 2.20. The van der Waals surface area contributed by atoms with E-state index in [-0.39, 0.29) is 18.5 Å². The van der Waals surface area contributed by atoms with E-state index < -0.39 is 20.5 Å². The number of hydrogen-bond acceptors (Lipinski definition) is 4. The van der Waals surface area contributed by atoms with Gasteiger partial charge in [-0.3, -0.25) is 4.79 Å². The van der Waals surface area contributed by atoms with E-state index in [4.69, 9.17) is 0 Å². The van der Waals surface area contributed by atoms with Crippen molar-refractivity contribution < 1.29 is 22.0 Å². The van der Waals surface area contributed by atoms with Gasteiger partial charge < -0.3 is 10.6 Å². The van der Waals surface area contributed by atoms with Crippen LogP contribution in [0.1, 0.15) is 13.8 Å². The summed E-state index contributed by atoms with van der Waals surface area (Å²) in [4.78, 5) is 10.9. The Morgan fingerprint density at radius 3 is 2.20 bits per heavy atom. The normalized spacial score (nSPS) is 11.7. The molecular formula is C12H16F2N2O3S. The number of sulfone groups is 1. The van der Waals surface area contributed by atoms with Crippen molar-refractivity contribution in [3.63, 3.8) is 0 Å². The summed E-state index contributed by atoms with van der Waals surface area (Å²) in [6.07, 6.45) is 0. The maximum absolute atomic E-state index is 12.3. The number of hydrogen-bond donors (Lipinski definition) is 2. The SMILES string of the molecule is CC(C)NC(=O)CNc1ccc(S(=O)(=O)C(F)F)cc1. The van der Waals surface area contributed by atoms with Crippen LogP contribution in [-0.4, -0.2) is 32.7 Å². The number of rotatable bonds is 6. The topological polar surface area (TPSA) is 75.3 Å². The third-order valence-electron chi connectivity index (χ3n) is 2.32. The highest BCUT2D eigenvalue weighted by atomic mass is 32.2. The first-order valence-corrected chi connectivity index (χ1v) is 7.43. The second-order valence-corrected chi connectivity index (χ2v) is 6.32. The fourth-order valence-electron chi connectivity index (χ4n) is 1.42. The van der Waals surface area contributed by atoms with Crippen molar-refractivity contribution in [2.45, 2.75) is 30.5 Å². The zero-order valence-corrected chi connectivity index (χ0v) is 11.9. The molecular weight excluding hydrogens is 290 g/mol. The molecule has 0 bridgehead atoms. The van der Waals surface area contributed by atoms with E-state index in [1.807, 2.05) is 13.8 Å². The molecule has 0 unspecified atom stereocenters. The lowest BCUT2D eigenvalue weighted by molar-refractivity contribution is -0.119. The summed E-state index contributed by atoms with van der Waals surface area (Å²) in [5, 5.41) is 5.43. The number of carbonyl (C=O) groups is 1. The first-order valence-electron chi connectivity index (χ1n) is 5.89. The quantitative estimate of drug-likeness (QED) is 0.837. The molecule has 0 fully saturated rings. The predicted molar refractivity (Wildman–Crippen MR) is 71.4 cm³/mol. The Bertz CT molecular complexity index is 557. The zero-order valence-electron chi connectivity index (χ0n) is 11.1. The van der Waals surface area contributed by atoms with Crippen LogP contribution in [0.2, 0.25) is 0 Å². The van der Waals surface area contributed by atoms with Gasteiger partial charge in [0.15, 0.2) is 0 Å². The molecule has 0 saturated carbocycles. The molecule has 8 heteroatoms. The van der Waals surface area contributed by atoms with Crippen LogP contribution in [0.15, 0.2) is 29.2 Å². The van der Waals surface area contributed by atoms with Gasteiger partial charge in [0.1, 0.15) is 0 Å². The number of nitrogens with one attached hydrogen (secondary N) is 2. The molecule has 0 aliphatic heterocycles. The molecule has 0 heterocycles. The highest BCUT2D eigenvalue weighted by molar-refractivity contribution is 7.91. The van der Waals surface area contributed by atoms with Gasteiger partial charge in [-0.25, -0.2) is 8.42 Å². The van der Waals surface area contributed by atoms with Gasteiger partial charge in [0, 0.05) is 11.7 Å². The van der Waals surface area contributed by atoms with E-state index in [9.17, 15) is 22.0 Å². The Morgan fingerprint density at radius 2 is 1.75 bits per heavy atom. The fraction of sp³-hybridized carbons (Fsp3) is 0.417. The molecule has 1 aromatic rings. The molecule has 1 rings (SSSR count). The summed E-state index contributed by atoms with van der Waals surface area (Å²) >= 11 is 0. The fourth-order valence-corrected chi connectivity index (χ4v) is 2.14. The maximum atomic E-state index is 12.3. The summed E-state index contributed by atoms with van der Waals surface area (Å²) in [6, 6.07) is 4.83. The van der Waals surface area contributed by atoms with Crippen LogP contribution in [0.3, 0.4) is 0 Å². The Labute approximate surface area is 116 Å². The molecule has 0 atom stereocenters. The molecule has 0 saturated heterocycles. The van der Waals surface area contributed by atoms with Gasteiger partial charge in [-0.15, -0.1) is 0 Å². The minimum atomic E-state index is -4.58. The molecule has 0 aliphatic rings. The molecule has 0 aliphatic carbocycles. The summed E-state index contributed by atoms with van der Waals surface area (Å²) in [7, 11) is -4.58. The molecule has 1 amide bonds. The Balaban J connectivity index is 2.67. The van der Waals surface area contributed by atoms with Gasteiger partial charge in [0.05, 0.1) is 11.4 Å². The molecule has 5 nitrogen and oxygen atoms in total. The van der Waals surface area contributed by atoms with Crippen LogP contribution >= 0.6 is 0 Å². The average molecular weight is 306 g/mol. The van der Waals surface area contributed by atoms with E-state index in [2.05, 4.69) is 10.6 Å². The molecule has 1 aromatic carbocycles. The number of halogens is 2. The van der Waals surface area contributed by atoms with Gasteiger partial charge in [0.25, 0.3) is 0 Å². The Hall–Kier alpha value is -1.70. The van der Waals surface area contributed by atoms with E-state index in [0.717, 1.165) is 12.1 Å². The third kappa shape index (κ3) is 4.44. The van der Waals surface area contributed by atoms with Crippen LogP contribution in [0.25, 0.3) is 0 Å². The first kappa shape index (κ1) is 16.4. The van der Waals surface area contributed by atoms with Gasteiger partial charge in [-0.05, 0) is 38.1 Å². The monoisotopic (exact) mass is 306 g/mol. The van der Waals surface area contributed by atoms with Crippen molar-refractivity contribution in [2.24, 2.45) is 0 Å². The maximum Gasteiger partial charge on any atom is 0.341 e. The Kier molecular flexibility index (Phi) is 5.43. The van der Waals surface area contributed by atoms with Crippen molar-refractivity contribution in [3.8, 4) is 0 Å². The van der Waals surface area contributed by atoms with Crippen LogP contribution in [0, 0.1) is 0 Å².